The number of aryl methyl sites for hydroxylation is 2. The summed E-state index contributed by atoms with van der Waals surface area (Å²) in [5.41, 5.74) is 1.79. The molecule has 0 radical (unpaired) electrons. The normalized spacial score (nSPS) is 10.3. The largest absolute Gasteiger partial charge is 0.469 e. The molecule has 0 aliphatic rings. The fourth-order valence-corrected chi connectivity index (χ4v) is 2.00. The maximum Gasteiger partial charge on any atom is 0.305 e. The number of Topliss-reactive ketones (excluding diaryl/α,β-unsaturated/α-hetero) is 1. The molecular formula is C16H18N2O3. The lowest BCUT2D eigenvalue weighted by Crippen LogP contribution is -2.06. The zero-order valence-electron chi connectivity index (χ0n) is 12.0. The molecule has 1 aromatic heterocycles. The van der Waals surface area contributed by atoms with Crippen molar-refractivity contribution in [2.24, 2.45) is 0 Å². The van der Waals surface area contributed by atoms with E-state index in [1.807, 2.05) is 35.0 Å². The molecule has 0 saturated carbocycles. The van der Waals surface area contributed by atoms with Gasteiger partial charge < -0.3 is 9.30 Å². The fraction of sp³-hybridized carbons (Fsp3) is 0.312. The molecule has 1 aromatic carbocycles. The van der Waals surface area contributed by atoms with E-state index in [-0.39, 0.29) is 24.6 Å². The van der Waals surface area contributed by atoms with Crippen LogP contribution >= 0.6 is 0 Å². The Bertz CT molecular complexity index is 588. The van der Waals surface area contributed by atoms with Gasteiger partial charge in [0.05, 0.1) is 19.9 Å². The monoisotopic (exact) mass is 286 g/mol. The number of ether oxygens (including phenoxy) is 1. The van der Waals surface area contributed by atoms with Gasteiger partial charge in [0.1, 0.15) is 0 Å². The molecule has 2 aromatic rings. The minimum absolute atomic E-state index is 0.0402. The van der Waals surface area contributed by atoms with Gasteiger partial charge >= 0.3 is 5.97 Å². The maximum absolute atomic E-state index is 11.9. The van der Waals surface area contributed by atoms with Gasteiger partial charge in [-0.1, -0.05) is 24.3 Å². The van der Waals surface area contributed by atoms with Crippen LogP contribution in [0.15, 0.2) is 43.0 Å². The van der Waals surface area contributed by atoms with Crippen LogP contribution in [0.2, 0.25) is 0 Å². The molecule has 0 aliphatic carbocycles. The van der Waals surface area contributed by atoms with Gasteiger partial charge in [-0.3, -0.25) is 9.59 Å². The topological polar surface area (TPSA) is 61.2 Å². The summed E-state index contributed by atoms with van der Waals surface area (Å²) in [4.78, 5) is 26.9. The summed E-state index contributed by atoms with van der Waals surface area (Å²) in [7, 11) is 1.32. The van der Waals surface area contributed by atoms with Gasteiger partial charge in [0.15, 0.2) is 5.78 Å². The minimum Gasteiger partial charge on any atom is -0.469 e. The summed E-state index contributed by atoms with van der Waals surface area (Å²) >= 11 is 0. The van der Waals surface area contributed by atoms with Crippen molar-refractivity contribution in [1.29, 1.82) is 0 Å². The van der Waals surface area contributed by atoms with Gasteiger partial charge in [0, 0.05) is 30.9 Å². The summed E-state index contributed by atoms with van der Waals surface area (Å²) in [6.07, 6.45) is 6.64. The molecule has 2 rings (SSSR count). The summed E-state index contributed by atoms with van der Waals surface area (Å²) in [5, 5.41) is 0. The molecule has 0 unspecified atom stereocenters. The second-order valence-corrected chi connectivity index (χ2v) is 4.75. The number of hydrogen-bond donors (Lipinski definition) is 0. The zero-order chi connectivity index (χ0) is 15.1. The first-order chi connectivity index (χ1) is 10.2. The Morgan fingerprint density at radius 2 is 1.95 bits per heavy atom. The van der Waals surface area contributed by atoms with Crippen molar-refractivity contribution in [3.05, 3.63) is 54.1 Å². The standard InChI is InChI=1S/C16H18N2O3/c1-21-16(20)7-6-15(19)14-4-2-13(3-5-14)8-10-18-11-9-17-12-18/h2-5,9,11-12H,6-8,10H2,1H3. The van der Waals surface area contributed by atoms with Crippen LogP contribution in [0.25, 0.3) is 0 Å². The van der Waals surface area contributed by atoms with E-state index in [0.717, 1.165) is 18.5 Å². The van der Waals surface area contributed by atoms with Gasteiger partial charge in [0.2, 0.25) is 0 Å². The Hall–Kier alpha value is -2.43. The molecule has 0 bridgehead atoms. The predicted molar refractivity (Wildman–Crippen MR) is 78.0 cm³/mol. The predicted octanol–water partition coefficient (Wildman–Crippen LogP) is 2.26. The van der Waals surface area contributed by atoms with E-state index < -0.39 is 0 Å². The Morgan fingerprint density at radius 3 is 2.57 bits per heavy atom. The second-order valence-electron chi connectivity index (χ2n) is 4.75. The Morgan fingerprint density at radius 1 is 1.19 bits per heavy atom. The van der Waals surface area contributed by atoms with E-state index in [1.54, 1.807) is 12.5 Å². The van der Waals surface area contributed by atoms with Crippen LogP contribution in [0.4, 0.5) is 0 Å². The highest BCUT2D eigenvalue weighted by atomic mass is 16.5. The van der Waals surface area contributed by atoms with Crippen LogP contribution < -0.4 is 0 Å². The van der Waals surface area contributed by atoms with E-state index >= 15 is 0 Å². The van der Waals surface area contributed by atoms with Crippen LogP contribution in [0, 0.1) is 0 Å². The van der Waals surface area contributed by atoms with E-state index in [1.165, 1.54) is 7.11 Å². The number of imidazole rings is 1. The Labute approximate surface area is 123 Å². The molecule has 0 saturated heterocycles. The van der Waals surface area contributed by atoms with Gasteiger partial charge in [0.25, 0.3) is 0 Å². The fourth-order valence-electron chi connectivity index (χ4n) is 2.00. The average Bonchev–Trinajstić information content (AvgIpc) is 3.04. The summed E-state index contributed by atoms with van der Waals surface area (Å²) < 4.78 is 6.53. The molecule has 1 heterocycles. The van der Waals surface area contributed by atoms with Crippen LogP contribution in [-0.2, 0) is 22.5 Å². The van der Waals surface area contributed by atoms with Gasteiger partial charge in [-0.2, -0.15) is 0 Å². The van der Waals surface area contributed by atoms with Crippen LogP contribution in [0.5, 0.6) is 0 Å². The van der Waals surface area contributed by atoms with Gasteiger partial charge in [-0.15, -0.1) is 0 Å². The molecule has 5 heteroatoms. The Balaban J connectivity index is 1.86. The van der Waals surface area contributed by atoms with Crippen molar-refractivity contribution >= 4 is 11.8 Å². The molecule has 21 heavy (non-hydrogen) atoms. The van der Waals surface area contributed by atoms with E-state index in [2.05, 4.69) is 9.72 Å². The highest BCUT2D eigenvalue weighted by molar-refractivity contribution is 5.97. The number of esters is 1. The smallest absolute Gasteiger partial charge is 0.305 e. The molecule has 0 aliphatic heterocycles. The van der Waals surface area contributed by atoms with Crippen LogP contribution in [0.3, 0.4) is 0 Å². The molecule has 110 valence electrons. The Kier molecular flexibility index (Phi) is 5.26. The number of rotatable bonds is 7. The molecule has 0 fully saturated rings. The highest BCUT2D eigenvalue weighted by Gasteiger charge is 2.09. The molecule has 0 spiro atoms. The van der Waals surface area contributed by atoms with E-state index in [0.29, 0.717) is 5.56 Å². The highest BCUT2D eigenvalue weighted by Crippen LogP contribution is 2.10. The summed E-state index contributed by atoms with van der Waals surface area (Å²) in [5.74, 6) is -0.401. The van der Waals surface area contributed by atoms with Crippen LogP contribution in [-0.4, -0.2) is 28.4 Å². The van der Waals surface area contributed by atoms with Gasteiger partial charge in [-0.05, 0) is 12.0 Å². The lowest BCUT2D eigenvalue weighted by Gasteiger charge is -2.05. The number of methoxy groups -OCH3 is 1. The van der Waals surface area contributed by atoms with E-state index in [4.69, 9.17) is 0 Å². The molecule has 0 atom stereocenters. The number of benzene rings is 1. The van der Waals surface area contributed by atoms with Crippen molar-refractivity contribution < 1.29 is 14.3 Å². The minimum atomic E-state index is -0.361. The lowest BCUT2D eigenvalue weighted by molar-refractivity contribution is -0.140. The molecule has 0 N–H and O–H groups in total. The first kappa shape index (κ1) is 15.0. The first-order valence-electron chi connectivity index (χ1n) is 6.84. The number of aromatic nitrogens is 2. The zero-order valence-corrected chi connectivity index (χ0v) is 12.0. The quantitative estimate of drug-likeness (QED) is 0.578. The van der Waals surface area contributed by atoms with Crippen LogP contribution in [0.1, 0.15) is 28.8 Å². The van der Waals surface area contributed by atoms with E-state index in [9.17, 15) is 9.59 Å². The SMILES string of the molecule is COC(=O)CCC(=O)c1ccc(CCn2ccnc2)cc1. The van der Waals surface area contributed by atoms with Crippen molar-refractivity contribution in [2.75, 3.05) is 7.11 Å². The molecule has 5 nitrogen and oxygen atoms in total. The van der Waals surface area contributed by atoms with Crippen molar-refractivity contribution in [2.45, 2.75) is 25.8 Å². The molecular weight excluding hydrogens is 268 g/mol. The third-order valence-corrected chi connectivity index (χ3v) is 3.28. The van der Waals surface area contributed by atoms with Gasteiger partial charge in [-0.25, -0.2) is 4.98 Å². The third-order valence-electron chi connectivity index (χ3n) is 3.28. The van der Waals surface area contributed by atoms with Crippen molar-refractivity contribution in [1.82, 2.24) is 9.55 Å². The van der Waals surface area contributed by atoms with Crippen molar-refractivity contribution in [3.63, 3.8) is 0 Å². The number of ketones is 1. The summed E-state index contributed by atoms with van der Waals surface area (Å²) in [6, 6.07) is 7.51. The number of hydrogen-bond acceptors (Lipinski definition) is 4. The number of carbonyl (C=O) groups is 2. The lowest BCUT2D eigenvalue weighted by atomic mass is 10.0. The van der Waals surface area contributed by atoms with Crippen molar-refractivity contribution in [3.8, 4) is 0 Å². The number of carbonyl (C=O) groups excluding carboxylic acids is 2. The molecule has 0 amide bonds. The maximum atomic E-state index is 11.9. The average molecular weight is 286 g/mol. The summed E-state index contributed by atoms with van der Waals surface area (Å²) in [6.45, 7) is 0.857. The number of nitrogens with zero attached hydrogens (tertiary/aromatic N) is 2. The third kappa shape index (κ3) is 4.56. The second kappa shape index (κ2) is 7.38. The first-order valence-corrected chi connectivity index (χ1v) is 6.84.